The van der Waals surface area contributed by atoms with E-state index in [-0.39, 0.29) is 6.23 Å². The van der Waals surface area contributed by atoms with Gasteiger partial charge in [0, 0.05) is 18.3 Å². The quantitative estimate of drug-likeness (QED) is 0.799. The van der Waals surface area contributed by atoms with Crippen LogP contribution in [0, 0.1) is 0 Å². The molecule has 3 nitrogen and oxygen atoms in total. The molecule has 17 heavy (non-hydrogen) atoms. The minimum atomic E-state index is -0.292. The summed E-state index contributed by atoms with van der Waals surface area (Å²) >= 11 is 0. The van der Waals surface area contributed by atoms with Gasteiger partial charge in [0.2, 0.25) is 0 Å². The van der Waals surface area contributed by atoms with Crippen molar-refractivity contribution in [2.45, 2.75) is 19.1 Å². The molecule has 0 amide bonds. The zero-order valence-corrected chi connectivity index (χ0v) is 9.62. The van der Waals surface area contributed by atoms with Crippen LogP contribution in [-0.4, -0.2) is 11.2 Å². The number of benzene rings is 1. The topological polar surface area (TPSA) is 48.1 Å². The van der Waals surface area contributed by atoms with Gasteiger partial charge in [-0.3, -0.25) is 10.7 Å². The van der Waals surface area contributed by atoms with Gasteiger partial charge in [-0.15, -0.1) is 0 Å². The summed E-state index contributed by atoms with van der Waals surface area (Å²) in [5, 5.41) is 0. The average Bonchev–Trinajstić information content (AvgIpc) is 2.39. The maximum atomic E-state index is 5.90. The van der Waals surface area contributed by atoms with E-state index in [1.807, 2.05) is 48.5 Å². The highest BCUT2D eigenvalue weighted by atomic mass is 16.5. The molecular formula is C14H16N2O. The van der Waals surface area contributed by atoms with Gasteiger partial charge in [0.1, 0.15) is 12.0 Å². The number of hydrogen-bond acceptors (Lipinski definition) is 3. The maximum absolute atomic E-state index is 5.90. The Hall–Kier alpha value is -1.87. The number of nitrogens with two attached hydrogens (primary N) is 1. The highest BCUT2D eigenvalue weighted by Crippen LogP contribution is 2.11. The van der Waals surface area contributed by atoms with Crippen LogP contribution in [0.3, 0.4) is 0 Å². The summed E-state index contributed by atoms with van der Waals surface area (Å²) in [7, 11) is 0. The van der Waals surface area contributed by atoms with Crippen molar-refractivity contribution in [2.75, 3.05) is 0 Å². The molecule has 1 aromatic carbocycles. The number of para-hydroxylation sites is 1. The molecule has 0 saturated carbocycles. The Bertz CT molecular complexity index is 430. The Morgan fingerprint density at radius 2 is 1.82 bits per heavy atom. The molecule has 1 aromatic heterocycles. The van der Waals surface area contributed by atoms with E-state index in [9.17, 15) is 0 Å². The number of aromatic nitrogens is 1. The average molecular weight is 228 g/mol. The molecule has 0 fully saturated rings. The third kappa shape index (κ3) is 3.89. The Labute approximate surface area is 101 Å². The highest BCUT2D eigenvalue weighted by molar-refractivity contribution is 5.21. The van der Waals surface area contributed by atoms with Crippen LogP contribution >= 0.6 is 0 Å². The molecule has 3 heteroatoms. The van der Waals surface area contributed by atoms with E-state index in [2.05, 4.69) is 4.98 Å². The first kappa shape index (κ1) is 11.6. The van der Waals surface area contributed by atoms with Gasteiger partial charge in [-0.05, 0) is 30.7 Å². The predicted molar refractivity (Wildman–Crippen MR) is 67.6 cm³/mol. The lowest BCUT2D eigenvalue weighted by molar-refractivity contribution is 0.199. The molecule has 2 rings (SSSR count). The van der Waals surface area contributed by atoms with Crippen molar-refractivity contribution < 1.29 is 4.74 Å². The van der Waals surface area contributed by atoms with E-state index < -0.39 is 0 Å². The van der Waals surface area contributed by atoms with Gasteiger partial charge in [-0.1, -0.05) is 24.3 Å². The Kier molecular flexibility index (Phi) is 4.11. The second-order valence-corrected chi connectivity index (χ2v) is 3.83. The van der Waals surface area contributed by atoms with Crippen LogP contribution in [0.15, 0.2) is 54.7 Å². The minimum absolute atomic E-state index is 0.292. The summed E-state index contributed by atoms with van der Waals surface area (Å²) in [6.45, 7) is 0. The molecule has 2 aromatic rings. The van der Waals surface area contributed by atoms with Gasteiger partial charge < -0.3 is 4.74 Å². The number of rotatable bonds is 5. The van der Waals surface area contributed by atoms with Crippen molar-refractivity contribution in [2.24, 2.45) is 5.73 Å². The van der Waals surface area contributed by atoms with Crippen molar-refractivity contribution in [3.05, 3.63) is 60.4 Å². The standard InChI is InChI=1S/C14H16N2O/c15-14(17-13-7-2-1-3-8-13)10-9-12-6-4-5-11-16-12/h1-8,11,14H,9-10,15H2. The van der Waals surface area contributed by atoms with Gasteiger partial charge in [0.05, 0.1) is 0 Å². The summed E-state index contributed by atoms with van der Waals surface area (Å²) in [4.78, 5) is 4.25. The molecule has 0 aliphatic heterocycles. The van der Waals surface area contributed by atoms with E-state index in [1.165, 1.54) is 0 Å². The fourth-order valence-electron chi connectivity index (χ4n) is 1.57. The number of pyridine rings is 1. The van der Waals surface area contributed by atoms with Crippen LogP contribution in [0.25, 0.3) is 0 Å². The summed E-state index contributed by atoms with van der Waals surface area (Å²) in [5.74, 6) is 0.807. The smallest absolute Gasteiger partial charge is 0.148 e. The second kappa shape index (κ2) is 6.01. The number of hydrogen-bond donors (Lipinski definition) is 1. The van der Waals surface area contributed by atoms with Gasteiger partial charge in [-0.2, -0.15) is 0 Å². The third-order valence-electron chi connectivity index (χ3n) is 2.44. The monoisotopic (exact) mass is 228 g/mol. The lowest BCUT2D eigenvalue weighted by Crippen LogP contribution is -2.27. The molecule has 88 valence electrons. The number of ether oxygens (including phenoxy) is 1. The predicted octanol–water partition coefficient (Wildman–Crippen LogP) is 2.38. The first-order chi connectivity index (χ1) is 8.34. The van der Waals surface area contributed by atoms with Crippen molar-refractivity contribution >= 4 is 0 Å². The van der Waals surface area contributed by atoms with Gasteiger partial charge >= 0.3 is 0 Å². The molecular weight excluding hydrogens is 212 g/mol. The molecule has 0 saturated heterocycles. The molecule has 0 bridgehead atoms. The largest absolute Gasteiger partial charge is 0.476 e. The Morgan fingerprint density at radius 1 is 1.06 bits per heavy atom. The summed E-state index contributed by atoms with van der Waals surface area (Å²) in [5.41, 5.74) is 6.94. The number of nitrogens with zero attached hydrogens (tertiary/aromatic N) is 1. The molecule has 0 aliphatic carbocycles. The first-order valence-electron chi connectivity index (χ1n) is 5.72. The zero-order chi connectivity index (χ0) is 11.9. The third-order valence-corrected chi connectivity index (χ3v) is 2.44. The fourth-order valence-corrected chi connectivity index (χ4v) is 1.57. The molecule has 1 heterocycles. The van der Waals surface area contributed by atoms with E-state index in [4.69, 9.17) is 10.5 Å². The van der Waals surface area contributed by atoms with Crippen molar-refractivity contribution in [3.63, 3.8) is 0 Å². The second-order valence-electron chi connectivity index (χ2n) is 3.83. The Morgan fingerprint density at radius 3 is 2.53 bits per heavy atom. The summed E-state index contributed by atoms with van der Waals surface area (Å²) in [6.07, 6.45) is 3.08. The minimum Gasteiger partial charge on any atom is -0.476 e. The van der Waals surface area contributed by atoms with Crippen LogP contribution in [0.2, 0.25) is 0 Å². The highest BCUT2D eigenvalue weighted by Gasteiger charge is 2.04. The van der Waals surface area contributed by atoms with Gasteiger partial charge in [0.25, 0.3) is 0 Å². The molecule has 0 aliphatic rings. The zero-order valence-electron chi connectivity index (χ0n) is 9.62. The van der Waals surface area contributed by atoms with Gasteiger partial charge in [0.15, 0.2) is 0 Å². The van der Waals surface area contributed by atoms with Crippen LogP contribution in [0.1, 0.15) is 12.1 Å². The molecule has 0 spiro atoms. The lowest BCUT2D eigenvalue weighted by Gasteiger charge is -2.14. The lowest BCUT2D eigenvalue weighted by atomic mass is 10.2. The van der Waals surface area contributed by atoms with E-state index in [1.54, 1.807) is 6.20 Å². The van der Waals surface area contributed by atoms with Crippen LogP contribution in [-0.2, 0) is 6.42 Å². The maximum Gasteiger partial charge on any atom is 0.148 e. The van der Waals surface area contributed by atoms with Crippen molar-refractivity contribution in [1.82, 2.24) is 4.98 Å². The molecule has 1 unspecified atom stereocenters. The molecule has 0 radical (unpaired) electrons. The SMILES string of the molecule is NC(CCc1ccccn1)Oc1ccccc1. The first-order valence-corrected chi connectivity index (χ1v) is 5.72. The van der Waals surface area contributed by atoms with Gasteiger partial charge in [-0.25, -0.2) is 0 Å². The fraction of sp³-hybridized carbons (Fsp3) is 0.214. The van der Waals surface area contributed by atoms with Crippen molar-refractivity contribution in [1.29, 1.82) is 0 Å². The summed E-state index contributed by atoms with van der Waals surface area (Å²) in [6, 6.07) is 15.5. The molecule has 1 atom stereocenters. The van der Waals surface area contributed by atoms with E-state index in [0.29, 0.717) is 0 Å². The van der Waals surface area contributed by atoms with E-state index >= 15 is 0 Å². The van der Waals surface area contributed by atoms with E-state index in [0.717, 1.165) is 24.3 Å². The van der Waals surface area contributed by atoms with Crippen LogP contribution in [0.4, 0.5) is 0 Å². The van der Waals surface area contributed by atoms with Crippen LogP contribution < -0.4 is 10.5 Å². The van der Waals surface area contributed by atoms with Crippen molar-refractivity contribution in [3.8, 4) is 5.75 Å². The normalized spacial score (nSPS) is 12.1. The Balaban J connectivity index is 1.80. The van der Waals surface area contributed by atoms with Crippen LogP contribution in [0.5, 0.6) is 5.75 Å². The number of aryl methyl sites for hydroxylation is 1. The molecule has 2 N–H and O–H groups in total. The summed E-state index contributed by atoms with van der Waals surface area (Å²) < 4.78 is 5.59.